The number of nitrogens with two attached hydrogens (primary N) is 1. The van der Waals surface area contributed by atoms with E-state index < -0.39 is 5.91 Å². The first-order chi connectivity index (χ1) is 10.2. The van der Waals surface area contributed by atoms with Crippen molar-refractivity contribution in [3.63, 3.8) is 0 Å². The Morgan fingerprint density at radius 2 is 1.67 bits per heavy atom. The predicted molar refractivity (Wildman–Crippen MR) is 83.1 cm³/mol. The van der Waals surface area contributed by atoms with Crippen molar-refractivity contribution in [3.05, 3.63) is 60.6 Å². The van der Waals surface area contributed by atoms with E-state index in [0.717, 1.165) is 27.1 Å². The van der Waals surface area contributed by atoms with Crippen molar-refractivity contribution in [2.45, 2.75) is 0 Å². The van der Waals surface area contributed by atoms with Crippen molar-refractivity contribution in [2.75, 3.05) is 0 Å². The zero-order chi connectivity index (χ0) is 14.4. The molecule has 0 aliphatic rings. The first-order valence-electron chi connectivity index (χ1n) is 6.60. The van der Waals surface area contributed by atoms with E-state index in [4.69, 9.17) is 5.73 Å². The Bertz CT molecular complexity index is 1020. The lowest BCUT2D eigenvalue weighted by atomic mass is 9.99. The van der Waals surface area contributed by atoms with E-state index in [1.807, 2.05) is 30.3 Å². The molecule has 0 fully saturated rings. The average molecular weight is 273 g/mol. The first-order valence-corrected chi connectivity index (χ1v) is 6.60. The topological polar surface area (TPSA) is 68.9 Å². The number of benzene rings is 3. The van der Waals surface area contributed by atoms with E-state index in [9.17, 15) is 4.79 Å². The normalized spacial score (nSPS) is 11.2. The fourth-order valence-corrected chi connectivity index (χ4v) is 2.76. The third kappa shape index (κ3) is 1.73. The fraction of sp³-hybridized carbons (Fsp3) is 0. The third-order valence-electron chi connectivity index (χ3n) is 3.72. The van der Waals surface area contributed by atoms with Gasteiger partial charge in [-0.3, -0.25) is 4.79 Å². The van der Waals surface area contributed by atoms with Crippen LogP contribution < -0.4 is 5.73 Å². The molecule has 0 spiro atoms. The van der Waals surface area contributed by atoms with E-state index >= 15 is 0 Å². The zero-order valence-electron chi connectivity index (χ0n) is 11.1. The minimum absolute atomic E-state index is 0.265. The highest BCUT2D eigenvalue weighted by Crippen LogP contribution is 2.29. The molecule has 0 atom stereocenters. The van der Waals surface area contributed by atoms with Gasteiger partial charge in [0.05, 0.1) is 5.52 Å². The number of primary amides is 1. The van der Waals surface area contributed by atoms with Gasteiger partial charge in [0.1, 0.15) is 12.0 Å². The number of aromatic nitrogens is 2. The molecule has 1 heterocycles. The lowest BCUT2D eigenvalue weighted by Gasteiger charge is -2.08. The molecular formula is C17H11N3O. The number of amides is 1. The molecule has 3 aromatic carbocycles. The quantitative estimate of drug-likeness (QED) is 0.428. The number of hydrogen-bond donors (Lipinski definition) is 1. The fourth-order valence-electron chi connectivity index (χ4n) is 2.76. The highest BCUT2D eigenvalue weighted by molar-refractivity contribution is 6.17. The maximum Gasteiger partial charge on any atom is 0.268 e. The maximum absolute atomic E-state index is 11.7. The van der Waals surface area contributed by atoms with Crippen molar-refractivity contribution >= 4 is 38.4 Å². The summed E-state index contributed by atoms with van der Waals surface area (Å²) in [7, 11) is 0. The van der Waals surface area contributed by atoms with Gasteiger partial charge in [-0.05, 0) is 39.7 Å². The Labute approximate surface area is 120 Å². The summed E-state index contributed by atoms with van der Waals surface area (Å²) in [6.07, 6.45) is 1.37. The molecule has 0 unspecified atom stereocenters. The zero-order valence-corrected chi connectivity index (χ0v) is 11.1. The number of carbonyl (C=O) groups is 1. The van der Waals surface area contributed by atoms with Crippen molar-refractivity contribution < 1.29 is 4.79 Å². The second-order valence-corrected chi connectivity index (χ2v) is 4.97. The van der Waals surface area contributed by atoms with E-state index in [-0.39, 0.29) is 5.69 Å². The number of fused-ring (bicyclic) bond motifs is 4. The van der Waals surface area contributed by atoms with Crippen LogP contribution in [0, 0.1) is 0 Å². The van der Waals surface area contributed by atoms with Crippen LogP contribution in [0.1, 0.15) is 10.5 Å². The molecule has 21 heavy (non-hydrogen) atoms. The van der Waals surface area contributed by atoms with Gasteiger partial charge in [-0.1, -0.05) is 30.3 Å². The smallest absolute Gasteiger partial charge is 0.268 e. The van der Waals surface area contributed by atoms with Crippen LogP contribution in [-0.2, 0) is 0 Å². The minimum atomic E-state index is -0.539. The molecule has 0 saturated heterocycles. The van der Waals surface area contributed by atoms with E-state index in [0.29, 0.717) is 5.39 Å². The first kappa shape index (κ1) is 11.8. The van der Waals surface area contributed by atoms with Gasteiger partial charge in [-0.2, -0.15) is 0 Å². The molecule has 0 bridgehead atoms. The van der Waals surface area contributed by atoms with Gasteiger partial charge in [0, 0.05) is 5.39 Å². The van der Waals surface area contributed by atoms with Crippen LogP contribution in [0.4, 0.5) is 0 Å². The second-order valence-electron chi connectivity index (χ2n) is 4.97. The molecule has 1 aromatic heterocycles. The molecule has 4 aromatic rings. The predicted octanol–water partition coefficient (Wildman–Crippen LogP) is 3.04. The van der Waals surface area contributed by atoms with Crippen molar-refractivity contribution in [1.29, 1.82) is 0 Å². The van der Waals surface area contributed by atoms with Gasteiger partial charge >= 0.3 is 0 Å². The number of carbonyl (C=O) groups excluding carboxylic acids is 1. The summed E-state index contributed by atoms with van der Waals surface area (Å²) in [6, 6.07) is 16.2. The van der Waals surface area contributed by atoms with Crippen LogP contribution in [0.3, 0.4) is 0 Å². The van der Waals surface area contributed by atoms with Crippen molar-refractivity contribution in [3.8, 4) is 0 Å². The Morgan fingerprint density at radius 1 is 0.905 bits per heavy atom. The van der Waals surface area contributed by atoms with Crippen LogP contribution in [0.2, 0.25) is 0 Å². The van der Waals surface area contributed by atoms with Gasteiger partial charge < -0.3 is 5.73 Å². The average Bonchev–Trinajstić information content (AvgIpc) is 2.52. The van der Waals surface area contributed by atoms with E-state index in [1.54, 1.807) is 0 Å². The molecule has 2 N–H and O–H groups in total. The molecule has 100 valence electrons. The number of nitrogens with zero attached hydrogens (tertiary/aromatic N) is 2. The summed E-state index contributed by atoms with van der Waals surface area (Å²) < 4.78 is 0. The summed E-state index contributed by atoms with van der Waals surface area (Å²) >= 11 is 0. The van der Waals surface area contributed by atoms with E-state index in [1.165, 1.54) is 6.33 Å². The highest BCUT2D eigenvalue weighted by Gasteiger charge is 2.12. The Kier molecular flexibility index (Phi) is 2.38. The molecule has 0 aliphatic carbocycles. The van der Waals surface area contributed by atoms with Crippen LogP contribution in [-0.4, -0.2) is 15.9 Å². The van der Waals surface area contributed by atoms with Gasteiger partial charge in [0.2, 0.25) is 0 Å². The molecule has 4 heteroatoms. The van der Waals surface area contributed by atoms with Gasteiger partial charge in [0.25, 0.3) is 5.91 Å². The Hall–Kier alpha value is -3.01. The molecule has 0 saturated carbocycles. The van der Waals surface area contributed by atoms with Gasteiger partial charge in [-0.25, -0.2) is 9.97 Å². The van der Waals surface area contributed by atoms with Crippen molar-refractivity contribution in [2.24, 2.45) is 5.73 Å². The molecule has 0 radical (unpaired) electrons. The monoisotopic (exact) mass is 273 g/mol. The van der Waals surface area contributed by atoms with Crippen molar-refractivity contribution in [1.82, 2.24) is 9.97 Å². The summed E-state index contributed by atoms with van der Waals surface area (Å²) in [5.74, 6) is -0.539. The summed E-state index contributed by atoms with van der Waals surface area (Å²) in [5.41, 5.74) is 6.44. The second kappa shape index (κ2) is 4.24. The number of hydrogen-bond acceptors (Lipinski definition) is 3. The molecule has 4 rings (SSSR count). The highest BCUT2D eigenvalue weighted by atomic mass is 16.1. The minimum Gasteiger partial charge on any atom is -0.364 e. The summed E-state index contributed by atoms with van der Waals surface area (Å²) in [4.78, 5) is 19.9. The van der Waals surface area contributed by atoms with Crippen LogP contribution >= 0.6 is 0 Å². The molecular weight excluding hydrogens is 262 g/mol. The lowest BCUT2D eigenvalue weighted by Crippen LogP contribution is -2.14. The van der Waals surface area contributed by atoms with Gasteiger partial charge in [0.15, 0.2) is 0 Å². The lowest BCUT2D eigenvalue weighted by molar-refractivity contribution is 0.0997. The largest absolute Gasteiger partial charge is 0.364 e. The third-order valence-corrected chi connectivity index (χ3v) is 3.72. The number of rotatable bonds is 1. The summed E-state index contributed by atoms with van der Waals surface area (Å²) in [5, 5.41) is 4.96. The molecule has 0 aliphatic heterocycles. The molecule has 1 amide bonds. The maximum atomic E-state index is 11.7. The molecule has 4 nitrogen and oxygen atoms in total. The summed E-state index contributed by atoms with van der Waals surface area (Å²) in [6.45, 7) is 0. The van der Waals surface area contributed by atoms with Crippen LogP contribution in [0.5, 0.6) is 0 Å². The Balaban J connectivity index is 2.26. The van der Waals surface area contributed by atoms with Crippen LogP contribution in [0.15, 0.2) is 54.9 Å². The van der Waals surface area contributed by atoms with Crippen LogP contribution in [0.25, 0.3) is 32.4 Å². The standard InChI is InChI=1S/C17H11N3O/c18-17(21)16-15-13-8-11-4-2-1-3-10(11)7-12(13)5-6-14(15)19-9-20-16/h1-9H,(H2,18,21). The van der Waals surface area contributed by atoms with Gasteiger partial charge in [-0.15, -0.1) is 0 Å². The van der Waals surface area contributed by atoms with E-state index in [2.05, 4.69) is 28.2 Å². The Morgan fingerprint density at radius 3 is 2.43 bits per heavy atom. The SMILES string of the molecule is NC(=O)c1ncnc2ccc3cc4ccccc4cc3c12.